The number of anilines is 1. The predicted octanol–water partition coefficient (Wildman–Crippen LogP) is 1.88. The maximum Gasteiger partial charge on any atom is 0.222 e. The Balaban J connectivity index is 1.55. The molecule has 2 aliphatic heterocycles. The second kappa shape index (κ2) is 6.43. The van der Waals surface area contributed by atoms with Crippen LogP contribution in [0.25, 0.3) is 0 Å². The van der Waals surface area contributed by atoms with E-state index in [0.29, 0.717) is 12.5 Å². The van der Waals surface area contributed by atoms with Gasteiger partial charge in [-0.3, -0.25) is 9.69 Å². The van der Waals surface area contributed by atoms with E-state index >= 15 is 0 Å². The molecule has 0 aliphatic carbocycles. The number of nitrogens with one attached hydrogen (secondary N) is 1. The molecule has 1 aromatic rings. The summed E-state index contributed by atoms with van der Waals surface area (Å²) in [6, 6.07) is 6.64. The predicted molar refractivity (Wildman–Crippen MR) is 83.1 cm³/mol. The van der Waals surface area contributed by atoms with E-state index in [1.54, 1.807) is 0 Å². The lowest BCUT2D eigenvalue weighted by Crippen LogP contribution is -2.30. The van der Waals surface area contributed by atoms with E-state index in [4.69, 9.17) is 4.98 Å². The fraction of sp³-hybridized carbons (Fsp3) is 0.625. The summed E-state index contributed by atoms with van der Waals surface area (Å²) in [6.07, 6.45) is 4.15. The zero-order valence-corrected chi connectivity index (χ0v) is 12.7. The van der Waals surface area contributed by atoms with Gasteiger partial charge in [0.2, 0.25) is 5.91 Å². The molecule has 1 aromatic heterocycles. The van der Waals surface area contributed by atoms with Crippen molar-refractivity contribution in [2.24, 2.45) is 0 Å². The molecule has 0 aromatic carbocycles. The summed E-state index contributed by atoms with van der Waals surface area (Å²) >= 11 is 0. The molecule has 0 radical (unpaired) electrons. The van der Waals surface area contributed by atoms with Gasteiger partial charge in [0.15, 0.2) is 0 Å². The third-order valence-electron chi connectivity index (χ3n) is 4.49. The lowest BCUT2D eigenvalue weighted by atomic mass is 10.1. The first-order valence-electron chi connectivity index (χ1n) is 7.93. The standard InChI is InChI=1S/C16H24N4O/c1-19-10-3-6-14(19)13-5-2-7-15(18-13)17-9-12-20-11-4-8-16(20)21/h2,5,7,14H,3-4,6,8-12H2,1H3,(H,17,18). The van der Waals surface area contributed by atoms with Gasteiger partial charge in [-0.1, -0.05) is 6.07 Å². The lowest BCUT2D eigenvalue weighted by molar-refractivity contribution is -0.127. The van der Waals surface area contributed by atoms with Crippen LogP contribution in [0, 0.1) is 0 Å². The van der Waals surface area contributed by atoms with Crippen molar-refractivity contribution in [1.82, 2.24) is 14.8 Å². The number of carbonyl (C=O) groups excluding carboxylic acids is 1. The molecular weight excluding hydrogens is 264 g/mol. The highest BCUT2D eigenvalue weighted by atomic mass is 16.2. The first kappa shape index (κ1) is 14.3. The number of amides is 1. The van der Waals surface area contributed by atoms with E-state index < -0.39 is 0 Å². The molecule has 1 amide bonds. The highest BCUT2D eigenvalue weighted by molar-refractivity contribution is 5.78. The van der Waals surface area contributed by atoms with E-state index in [1.807, 2.05) is 11.0 Å². The molecule has 114 valence electrons. The molecule has 21 heavy (non-hydrogen) atoms. The first-order valence-corrected chi connectivity index (χ1v) is 7.93. The molecule has 1 N–H and O–H groups in total. The molecule has 5 nitrogen and oxygen atoms in total. The van der Waals surface area contributed by atoms with Crippen LogP contribution in [0.1, 0.15) is 37.4 Å². The Hall–Kier alpha value is -1.62. The molecule has 2 saturated heterocycles. The maximum atomic E-state index is 11.6. The molecule has 2 fully saturated rings. The average molecular weight is 288 g/mol. The molecule has 3 heterocycles. The van der Waals surface area contributed by atoms with Crippen molar-refractivity contribution in [3.8, 4) is 0 Å². The van der Waals surface area contributed by atoms with Crippen LogP contribution in [-0.4, -0.2) is 53.9 Å². The summed E-state index contributed by atoms with van der Waals surface area (Å²) < 4.78 is 0. The summed E-state index contributed by atoms with van der Waals surface area (Å²) in [4.78, 5) is 20.6. The van der Waals surface area contributed by atoms with Crippen molar-refractivity contribution in [3.63, 3.8) is 0 Å². The largest absolute Gasteiger partial charge is 0.368 e. The van der Waals surface area contributed by atoms with Crippen LogP contribution in [0.15, 0.2) is 18.2 Å². The summed E-state index contributed by atoms with van der Waals surface area (Å²) in [5.41, 5.74) is 1.15. The molecule has 0 spiro atoms. The minimum absolute atomic E-state index is 0.283. The molecule has 5 heteroatoms. The number of likely N-dealkylation sites (tertiary alicyclic amines) is 2. The highest BCUT2D eigenvalue weighted by Gasteiger charge is 2.23. The van der Waals surface area contributed by atoms with Gasteiger partial charge < -0.3 is 10.2 Å². The number of hydrogen-bond donors (Lipinski definition) is 1. The van der Waals surface area contributed by atoms with Crippen molar-refractivity contribution in [1.29, 1.82) is 0 Å². The van der Waals surface area contributed by atoms with Gasteiger partial charge in [-0.15, -0.1) is 0 Å². The lowest BCUT2D eigenvalue weighted by Gasteiger charge is -2.20. The van der Waals surface area contributed by atoms with Crippen LogP contribution in [0.2, 0.25) is 0 Å². The van der Waals surface area contributed by atoms with Gasteiger partial charge in [0.05, 0.1) is 11.7 Å². The van der Waals surface area contributed by atoms with Crippen LogP contribution in [0.4, 0.5) is 5.82 Å². The van der Waals surface area contributed by atoms with Crippen LogP contribution in [0.3, 0.4) is 0 Å². The summed E-state index contributed by atoms with van der Waals surface area (Å²) in [5.74, 6) is 1.20. The van der Waals surface area contributed by atoms with Gasteiger partial charge in [0.1, 0.15) is 5.82 Å². The van der Waals surface area contributed by atoms with Gasteiger partial charge in [0, 0.05) is 26.1 Å². The van der Waals surface area contributed by atoms with E-state index in [1.165, 1.54) is 12.8 Å². The Morgan fingerprint density at radius 1 is 1.33 bits per heavy atom. The minimum Gasteiger partial charge on any atom is -0.368 e. The topological polar surface area (TPSA) is 48.5 Å². The smallest absolute Gasteiger partial charge is 0.222 e. The normalized spacial score (nSPS) is 23.0. The van der Waals surface area contributed by atoms with Crippen LogP contribution >= 0.6 is 0 Å². The summed E-state index contributed by atoms with van der Waals surface area (Å²) in [7, 11) is 2.17. The molecule has 2 aliphatic rings. The number of hydrogen-bond acceptors (Lipinski definition) is 4. The second-order valence-electron chi connectivity index (χ2n) is 6.00. The van der Waals surface area contributed by atoms with Crippen molar-refractivity contribution < 1.29 is 4.79 Å². The molecule has 0 bridgehead atoms. The van der Waals surface area contributed by atoms with Crippen LogP contribution in [0.5, 0.6) is 0 Å². The van der Waals surface area contributed by atoms with Crippen molar-refractivity contribution in [2.75, 3.05) is 38.5 Å². The molecular formula is C16H24N4O. The fourth-order valence-corrected chi connectivity index (χ4v) is 3.28. The number of pyridine rings is 1. The quantitative estimate of drug-likeness (QED) is 0.899. The minimum atomic E-state index is 0.283. The Kier molecular flexibility index (Phi) is 4.39. The van der Waals surface area contributed by atoms with E-state index in [-0.39, 0.29) is 5.91 Å². The number of carbonyl (C=O) groups is 1. The summed E-state index contributed by atoms with van der Waals surface area (Å²) in [5, 5.41) is 3.35. The molecule has 1 unspecified atom stereocenters. The molecule has 0 saturated carbocycles. The van der Waals surface area contributed by atoms with Crippen LogP contribution < -0.4 is 5.32 Å². The van der Waals surface area contributed by atoms with Gasteiger partial charge in [0.25, 0.3) is 0 Å². The van der Waals surface area contributed by atoms with Crippen LogP contribution in [-0.2, 0) is 4.79 Å². The number of nitrogens with zero attached hydrogens (tertiary/aromatic N) is 3. The number of rotatable bonds is 5. The Labute approximate surface area is 126 Å². The third kappa shape index (κ3) is 3.35. The maximum absolute atomic E-state index is 11.6. The van der Waals surface area contributed by atoms with Crippen molar-refractivity contribution in [2.45, 2.75) is 31.7 Å². The monoisotopic (exact) mass is 288 g/mol. The van der Waals surface area contributed by atoms with E-state index in [0.717, 1.165) is 44.1 Å². The first-order chi connectivity index (χ1) is 10.2. The van der Waals surface area contributed by atoms with Gasteiger partial charge >= 0.3 is 0 Å². The molecule has 1 atom stereocenters. The number of aromatic nitrogens is 1. The van der Waals surface area contributed by atoms with E-state index in [2.05, 4.69) is 29.4 Å². The third-order valence-corrected chi connectivity index (χ3v) is 4.49. The Bertz CT molecular complexity index is 505. The highest BCUT2D eigenvalue weighted by Crippen LogP contribution is 2.29. The van der Waals surface area contributed by atoms with E-state index in [9.17, 15) is 4.79 Å². The second-order valence-corrected chi connectivity index (χ2v) is 6.00. The Morgan fingerprint density at radius 2 is 2.24 bits per heavy atom. The van der Waals surface area contributed by atoms with Gasteiger partial charge in [-0.05, 0) is 45.0 Å². The summed E-state index contributed by atoms with van der Waals surface area (Å²) in [6.45, 7) is 3.60. The van der Waals surface area contributed by atoms with Gasteiger partial charge in [-0.2, -0.15) is 0 Å². The van der Waals surface area contributed by atoms with Crippen molar-refractivity contribution in [3.05, 3.63) is 23.9 Å². The van der Waals surface area contributed by atoms with Gasteiger partial charge in [-0.25, -0.2) is 4.98 Å². The van der Waals surface area contributed by atoms with Crippen molar-refractivity contribution >= 4 is 11.7 Å². The average Bonchev–Trinajstić information content (AvgIpc) is 3.08. The molecule has 3 rings (SSSR count). The fourth-order valence-electron chi connectivity index (χ4n) is 3.28. The SMILES string of the molecule is CN1CCCC1c1cccc(NCCN2CCCC2=O)n1. The zero-order chi connectivity index (χ0) is 14.7. The Morgan fingerprint density at radius 3 is 2.95 bits per heavy atom. The zero-order valence-electron chi connectivity index (χ0n) is 12.7.